The van der Waals surface area contributed by atoms with Crippen molar-refractivity contribution in [3.63, 3.8) is 0 Å². The first kappa shape index (κ1) is 23.6. The molecule has 9 nitrogen and oxygen atoms in total. The van der Waals surface area contributed by atoms with Gasteiger partial charge in [-0.3, -0.25) is 14.9 Å². The number of anilines is 1. The fourth-order valence-corrected chi connectivity index (χ4v) is 3.83. The Bertz CT molecular complexity index is 1120. The first-order valence-electron chi connectivity index (χ1n) is 9.80. The van der Waals surface area contributed by atoms with E-state index in [2.05, 4.69) is 22.4 Å². The van der Waals surface area contributed by atoms with Crippen molar-refractivity contribution in [1.82, 2.24) is 14.8 Å². The van der Waals surface area contributed by atoms with Crippen LogP contribution in [0, 0.1) is 10.1 Å². The summed E-state index contributed by atoms with van der Waals surface area (Å²) >= 11 is 6.99. The lowest BCUT2D eigenvalue weighted by atomic mass is 10.2. The molecule has 1 aromatic heterocycles. The first-order chi connectivity index (χ1) is 15.3. The molecule has 168 valence electrons. The highest BCUT2D eigenvalue weighted by molar-refractivity contribution is 7.99. The van der Waals surface area contributed by atoms with E-state index in [0.717, 1.165) is 12.2 Å². The number of benzene rings is 2. The molecule has 0 fully saturated rings. The molecule has 0 aliphatic carbocycles. The maximum absolute atomic E-state index is 12.3. The van der Waals surface area contributed by atoms with Crippen molar-refractivity contribution >= 4 is 40.6 Å². The van der Waals surface area contributed by atoms with Gasteiger partial charge in [0.1, 0.15) is 10.8 Å². The number of aromatic nitrogens is 3. The topological polar surface area (TPSA) is 112 Å². The second kappa shape index (κ2) is 10.5. The Labute approximate surface area is 194 Å². The molecule has 2 aromatic carbocycles. The van der Waals surface area contributed by atoms with Crippen molar-refractivity contribution in [3.8, 4) is 5.75 Å². The minimum absolute atomic E-state index is 0.00614. The second-order valence-corrected chi connectivity index (χ2v) is 8.27. The fraction of sp³-hybridized carbons (Fsp3) is 0.286. The molecule has 0 aliphatic heterocycles. The second-order valence-electron chi connectivity index (χ2n) is 6.92. The summed E-state index contributed by atoms with van der Waals surface area (Å²) in [7, 11) is 1.80. The highest BCUT2D eigenvalue weighted by Crippen LogP contribution is 2.28. The van der Waals surface area contributed by atoms with Gasteiger partial charge in [0, 0.05) is 18.8 Å². The molecule has 0 aliphatic rings. The van der Waals surface area contributed by atoms with Crippen molar-refractivity contribution in [2.75, 3.05) is 11.1 Å². The zero-order valence-corrected chi connectivity index (χ0v) is 19.3. The lowest BCUT2D eigenvalue weighted by Gasteiger charge is -2.14. The smallest absolute Gasteiger partial charge is 0.289 e. The number of carbonyl (C=O) groups is 1. The van der Waals surface area contributed by atoms with E-state index in [1.165, 1.54) is 35.5 Å². The summed E-state index contributed by atoms with van der Waals surface area (Å²) in [4.78, 5) is 22.7. The van der Waals surface area contributed by atoms with Crippen LogP contribution in [0.3, 0.4) is 0 Å². The van der Waals surface area contributed by atoms with E-state index in [9.17, 15) is 14.9 Å². The van der Waals surface area contributed by atoms with E-state index in [4.69, 9.17) is 16.3 Å². The zero-order valence-electron chi connectivity index (χ0n) is 17.7. The molecule has 11 heteroatoms. The number of halogens is 1. The third-order valence-electron chi connectivity index (χ3n) is 4.64. The minimum Gasteiger partial charge on any atom is -0.483 e. The summed E-state index contributed by atoms with van der Waals surface area (Å²) in [5.74, 6) is 1.08. The summed E-state index contributed by atoms with van der Waals surface area (Å²) in [5, 5.41) is 22.5. The third-order valence-corrected chi connectivity index (χ3v) is 5.98. The molecular formula is C21H22ClN5O4S. The van der Waals surface area contributed by atoms with E-state index in [0.29, 0.717) is 16.7 Å². The molecule has 1 amide bonds. The van der Waals surface area contributed by atoms with Crippen molar-refractivity contribution in [1.29, 1.82) is 0 Å². The van der Waals surface area contributed by atoms with Crippen LogP contribution in [0.5, 0.6) is 5.75 Å². The van der Waals surface area contributed by atoms with Crippen LogP contribution in [0.25, 0.3) is 0 Å². The minimum atomic E-state index is -0.602. The van der Waals surface area contributed by atoms with E-state index < -0.39 is 4.92 Å². The van der Waals surface area contributed by atoms with Crippen LogP contribution in [0.4, 0.5) is 11.4 Å². The van der Waals surface area contributed by atoms with Crippen LogP contribution in [0.2, 0.25) is 5.02 Å². The predicted octanol–water partition coefficient (Wildman–Crippen LogP) is 4.81. The van der Waals surface area contributed by atoms with Crippen LogP contribution in [0.1, 0.15) is 31.3 Å². The summed E-state index contributed by atoms with van der Waals surface area (Å²) in [6, 6.07) is 12.0. The largest absolute Gasteiger partial charge is 0.483 e. The van der Waals surface area contributed by atoms with E-state index in [1.807, 2.05) is 31.2 Å². The number of nitro benzene ring substituents is 1. The highest BCUT2D eigenvalue weighted by Gasteiger charge is 2.19. The van der Waals surface area contributed by atoms with Gasteiger partial charge in [0.15, 0.2) is 17.1 Å². The van der Waals surface area contributed by atoms with Crippen molar-refractivity contribution in [2.24, 2.45) is 7.05 Å². The van der Waals surface area contributed by atoms with Gasteiger partial charge in [-0.25, -0.2) is 0 Å². The van der Waals surface area contributed by atoms with Gasteiger partial charge in [0.25, 0.3) is 5.69 Å². The molecule has 3 aromatic rings. The Morgan fingerprint density at radius 3 is 2.66 bits per heavy atom. The zero-order chi connectivity index (χ0) is 23.3. The van der Waals surface area contributed by atoms with Gasteiger partial charge in [-0.15, -0.1) is 10.2 Å². The van der Waals surface area contributed by atoms with Gasteiger partial charge in [0.2, 0.25) is 5.91 Å². The van der Waals surface area contributed by atoms with Gasteiger partial charge in [-0.05, 0) is 43.2 Å². The lowest BCUT2D eigenvalue weighted by Crippen LogP contribution is -2.15. The molecule has 32 heavy (non-hydrogen) atoms. The summed E-state index contributed by atoms with van der Waals surface area (Å²) < 4.78 is 7.74. The lowest BCUT2D eigenvalue weighted by molar-refractivity contribution is -0.384. The van der Waals surface area contributed by atoms with Crippen molar-refractivity contribution < 1.29 is 14.5 Å². The SMILES string of the molecule is CCc1ccc(OC(C)c2nnc(SCC(=O)Nc3ccc(Cl)c([N+](=O)[O-])c3)n2C)cc1. The van der Waals surface area contributed by atoms with Gasteiger partial charge in [0.05, 0.1) is 10.7 Å². The van der Waals surface area contributed by atoms with E-state index >= 15 is 0 Å². The Hall–Kier alpha value is -3.11. The average molecular weight is 476 g/mol. The third kappa shape index (κ3) is 5.77. The molecule has 0 saturated carbocycles. The molecule has 0 saturated heterocycles. The molecule has 1 unspecified atom stereocenters. The summed E-state index contributed by atoms with van der Waals surface area (Å²) in [6.07, 6.45) is 0.625. The van der Waals surface area contributed by atoms with Crippen LogP contribution in [-0.4, -0.2) is 31.3 Å². The van der Waals surface area contributed by atoms with Gasteiger partial charge < -0.3 is 14.6 Å². The molecule has 0 spiro atoms. The average Bonchev–Trinajstić information content (AvgIpc) is 3.14. The highest BCUT2D eigenvalue weighted by atomic mass is 35.5. The van der Waals surface area contributed by atoms with E-state index in [-0.39, 0.29) is 28.5 Å². The van der Waals surface area contributed by atoms with Crippen LogP contribution in [0.15, 0.2) is 47.6 Å². The quantitative estimate of drug-likeness (QED) is 0.268. The molecule has 0 bridgehead atoms. The van der Waals surface area contributed by atoms with Crippen molar-refractivity contribution in [2.45, 2.75) is 31.5 Å². The monoisotopic (exact) mass is 475 g/mol. The molecule has 1 heterocycles. The molecular weight excluding hydrogens is 454 g/mol. The molecule has 3 rings (SSSR count). The number of hydrogen-bond donors (Lipinski definition) is 1. The Morgan fingerprint density at radius 2 is 2.00 bits per heavy atom. The number of ether oxygens (including phenoxy) is 1. The maximum Gasteiger partial charge on any atom is 0.289 e. The van der Waals surface area contributed by atoms with Crippen LogP contribution < -0.4 is 10.1 Å². The molecule has 1 atom stereocenters. The fourth-order valence-electron chi connectivity index (χ4n) is 2.92. The maximum atomic E-state index is 12.3. The van der Waals surface area contributed by atoms with Gasteiger partial charge in [-0.2, -0.15) is 0 Å². The normalized spacial score (nSPS) is 11.8. The Kier molecular flexibility index (Phi) is 7.70. The number of thioether (sulfide) groups is 1. The standard InChI is InChI=1S/C21H22ClN5O4S/c1-4-14-5-8-16(9-6-14)31-13(2)20-24-25-21(26(20)3)32-12-19(28)23-15-7-10-17(22)18(11-15)27(29)30/h5-11,13H,4,12H2,1-3H3,(H,23,28). The summed E-state index contributed by atoms with van der Waals surface area (Å²) in [5.41, 5.74) is 1.25. The molecule has 1 N–H and O–H groups in total. The van der Waals surface area contributed by atoms with E-state index in [1.54, 1.807) is 11.6 Å². The number of aryl methyl sites for hydroxylation is 1. The number of hydrogen-bond acceptors (Lipinski definition) is 7. The van der Waals surface area contributed by atoms with Gasteiger partial charge >= 0.3 is 0 Å². The van der Waals surface area contributed by atoms with Crippen LogP contribution in [-0.2, 0) is 18.3 Å². The van der Waals surface area contributed by atoms with Crippen molar-refractivity contribution in [3.05, 3.63) is 69.0 Å². The number of nitrogens with zero attached hydrogens (tertiary/aromatic N) is 4. The summed E-state index contributed by atoms with van der Waals surface area (Å²) in [6.45, 7) is 3.98. The van der Waals surface area contributed by atoms with Crippen LogP contribution >= 0.6 is 23.4 Å². The van der Waals surface area contributed by atoms with Gasteiger partial charge in [-0.1, -0.05) is 42.4 Å². The number of carbonyl (C=O) groups excluding carboxylic acids is 1. The predicted molar refractivity (Wildman–Crippen MR) is 123 cm³/mol. The molecule has 0 radical (unpaired) electrons. The first-order valence-corrected chi connectivity index (χ1v) is 11.2. The Balaban J connectivity index is 1.58. The number of nitro groups is 1. The Morgan fingerprint density at radius 1 is 1.28 bits per heavy atom. The number of rotatable bonds is 9. The number of amides is 1. The number of nitrogens with one attached hydrogen (secondary N) is 1.